The molecule has 0 spiro atoms. The Morgan fingerprint density at radius 2 is 0.725 bits per heavy atom. The van der Waals surface area contributed by atoms with Gasteiger partial charge >= 0.3 is 0 Å². The second-order valence-electron chi connectivity index (χ2n) is 13.3. The van der Waals surface area contributed by atoms with Crippen molar-refractivity contribution >= 4 is 70.9 Å². The zero-order chi connectivity index (χ0) is 33.7. The maximum Gasteiger partial charge on any atom is 0.0546 e. The van der Waals surface area contributed by atoms with Crippen LogP contribution in [0.4, 0.5) is 17.1 Å². The molecule has 238 valence electrons. The zero-order valence-electron chi connectivity index (χ0n) is 28.0. The van der Waals surface area contributed by atoms with Crippen LogP contribution >= 0.6 is 0 Å². The van der Waals surface area contributed by atoms with E-state index in [1.165, 1.54) is 76.1 Å². The summed E-state index contributed by atoms with van der Waals surface area (Å²) in [7, 11) is 0. The lowest BCUT2D eigenvalue weighted by Crippen LogP contribution is -2.10. The highest BCUT2D eigenvalue weighted by Crippen LogP contribution is 2.43. The van der Waals surface area contributed by atoms with Crippen LogP contribution in [0.3, 0.4) is 0 Å². The molecule has 0 unspecified atom stereocenters. The van der Waals surface area contributed by atoms with E-state index < -0.39 is 0 Å². The van der Waals surface area contributed by atoms with Gasteiger partial charge in [-0.1, -0.05) is 164 Å². The van der Waals surface area contributed by atoms with Gasteiger partial charge in [0.2, 0.25) is 0 Å². The van der Waals surface area contributed by atoms with Crippen molar-refractivity contribution in [3.05, 3.63) is 200 Å². The minimum Gasteiger partial charge on any atom is -0.310 e. The lowest BCUT2D eigenvalue weighted by molar-refractivity contribution is 1.30. The summed E-state index contributed by atoms with van der Waals surface area (Å²) in [4.78, 5) is 2.42. The van der Waals surface area contributed by atoms with Gasteiger partial charge in [-0.3, -0.25) is 0 Å². The highest BCUT2D eigenvalue weighted by Gasteiger charge is 2.18. The lowest BCUT2D eigenvalue weighted by Gasteiger charge is -2.28. The maximum atomic E-state index is 2.42. The highest BCUT2D eigenvalue weighted by molar-refractivity contribution is 6.18. The minimum atomic E-state index is 1.11. The van der Waals surface area contributed by atoms with Gasteiger partial charge in [0.05, 0.1) is 5.69 Å². The van der Waals surface area contributed by atoms with Crippen LogP contribution in [0.2, 0.25) is 0 Å². The van der Waals surface area contributed by atoms with Gasteiger partial charge in [-0.05, 0) is 107 Å². The van der Waals surface area contributed by atoms with Crippen LogP contribution in [0, 0.1) is 0 Å². The zero-order valence-corrected chi connectivity index (χ0v) is 28.0. The Bertz CT molecular complexity index is 2900. The van der Waals surface area contributed by atoms with Crippen LogP contribution < -0.4 is 4.90 Å². The Hall–Kier alpha value is -6.70. The molecule has 51 heavy (non-hydrogen) atoms. The lowest BCUT2D eigenvalue weighted by atomic mass is 9.94. The first-order valence-electron chi connectivity index (χ1n) is 17.6. The second-order valence-corrected chi connectivity index (χ2v) is 13.3. The van der Waals surface area contributed by atoms with Crippen molar-refractivity contribution in [2.24, 2.45) is 0 Å². The van der Waals surface area contributed by atoms with E-state index in [0.29, 0.717) is 0 Å². The molecular weight excluding hydrogens is 615 g/mol. The largest absolute Gasteiger partial charge is 0.310 e. The molecule has 10 aromatic rings. The van der Waals surface area contributed by atoms with Crippen molar-refractivity contribution in [2.75, 3.05) is 4.90 Å². The van der Waals surface area contributed by atoms with Crippen molar-refractivity contribution in [3.63, 3.8) is 0 Å². The van der Waals surface area contributed by atoms with Gasteiger partial charge in [0.1, 0.15) is 0 Å². The van der Waals surface area contributed by atoms with E-state index >= 15 is 0 Å². The summed E-state index contributed by atoms with van der Waals surface area (Å²) in [6.45, 7) is 0. The summed E-state index contributed by atoms with van der Waals surface area (Å²) in [5.74, 6) is 0. The molecule has 10 rings (SSSR count). The average Bonchev–Trinajstić information content (AvgIpc) is 3.21. The summed E-state index contributed by atoms with van der Waals surface area (Å²) in [6.07, 6.45) is 0. The number of benzene rings is 10. The van der Waals surface area contributed by atoms with Gasteiger partial charge in [-0.15, -0.1) is 0 Å². The molecule has 0 heterocycles. The molecule has 0 aromatic heterocycles. The Morgan fingerprint density at radius 3 is 1.51 bits per heavy atom. The van der Waals surface area contributed by atoms with E-state index in [1.807, 2.05) is 0 Å². The molecule has 0 saturated carbocycles. The number of rotatable bonds is 5. The molecule has 0 fully saturated rings. The van der Waals surface area contributed by atoms with Gasteiger partial charge in [-0.2, -0.15) is 0 Å². The molecule has 0 aliphatic heterocycles. The van der Waals surface area contributed by atoms with Crippen molar-refractivity contribution in [2.45, 2.75) is 0 Å². The van der Waals surface area contributed by atoms with E-state index in [2.05, 4.69) is 205 Å². The monoisotopic (exact) mass is 647 g/mol. The van der Waals surface area contributed by atoms with E-state index in [0.717, 1.165) is 17.1 Å². The number of hydrogen-bond donors (Lipinski definition) is 0. The van der Waals surface area contributed by atoms with Crippen molar-refractivity contribution in [3.8, 4) is 22.3 Å². The SMILES string of the molecule is c1ccc(-c2cccc(N(c3ccc(-c4ccc5c(ccc6c7ccccc7ccc56)c4)cc3)c3cc4ccccc4c4ccccc34)c2)cc1. The highest BCUT2D eigenvalue weighted by atomic mass is 15.1. The fraction of sp³-hybridized carbons (Fsp3) is 0. The van der Waals surface area contributed by atoms with E-state index in [9.17, 15) is 0 Å². The van der Waals surface area contributed by atoms with Crippen LogP contribution in [-0.4, -0.2) is 0 Å². The fourth-order valence-electron chi connectivity index (χ4n) is 7.91. The summed E-state index contributed by atoms with van der Waals surface area (Å²) in [6, 6.07) is 73.0. The smallest absolute Gasteiger partial charge is 0.0546 e. The first-order chi connectivity index (χ1) is 25.3. The molecule has 0 aliphatic carbocycles. The molecule has 0 amide bonds. The average molecular weight is 648 g/mol. The van der Waals surface area contributed by atoms with Crippen molar-refractivity contribution in [1.29, 1.82) is 0 Å². The van der Waals surface area contributed by atoms with Gasteiger partial charge in [0, 0.05) is 16.8 Å². The van der Waals surface area contributed by atoms with Crippen LogP contribution in [0.25, 0.3) is 76.1 Å². The normalized spacial score (nSPS) is 11.5. The van der Waals surface area contributed by atoms with Gasteiger partial charge < -0.3 is 4.90 Å². The molecule has 1 nitrogen and oxygen atoms in total. The summed E-state index contributed by atoms with van der Waals surface area (Å²) in [5.41, 5.74) is 8.19. The standard InChI is InChI=1S/C50H33N/c1-2-11-34(12-3-1)37-15-10-16-42(32-37)51(50-33-39-14-5-7-18-44(39)46-19-8-9-20-49(46)50)41-26-21-35(22-27-41)38-24-28-45-40(31-38)25-30-47-43-17-6-4-13-36(43)23-29-48(45)47/h1-33H. The predicted molar refractivity (Wildman–Crippen MR) is 220 cm³/mol. The van der Waals surface area contributed by atoms with Gasteiger partial charge in [-0.25, -0.2) is 0 Å². The molecule has 0 bridgehead atoms. The first kappa shape index (κ1) is 29.2. The Morgan fingerprint density at radius 1 is 0.235 bits per heavy atom. The third kappa shape index (κ3) is 5.02. The van der Waals surface area contributed by atoms with E-state index in [4.69, 9.17) is 0 Å². The molecule has 10 aromatic carbocycles. The second kappa shape index (κ2) is 12.0. The van der Waals surface area contributed by atoms with Crippen LogP contribution in [0.1, 0.15) is 0 Å². The number of hydrogen-bond acceptors (Lipinski definition) is 1. The topological polar surface area (TPSA) is 3.24 Å². The Kier molecular flexibility index (Phi) is 6.89. The van der Waals surface area contributed by atoms with Crippen LogP contribution in [0.5, 0.6) is 0 Å². The molecule has 0 radical (unpaired) electrons. The van der Waals surface area contributed by atoms with Crippen LogP contribution in [-0.2, 0) is 0 Å². The predicted octanol–water partition coefficient (Wildman–Crippen LogP) is 14.3. The van der Waals surface area contributed by atoms with Gasteiger partial charge in [0.25, 0.3) is 0 Å². The minimum absolute atomic E-state index is 1.11. The molecular formula is C50H33N. The maximum absolute atomic E-state index is 2.42. The van der Waals surface area contributed by atoms with E-state index in [-0.39, 0.29) is 0 Å². The Balaban J connectivity index is 1.11. The summed E-state index contributed by atoms with van der Waals surface area (Å²) < 4.78 is 0. The molecule has 0 saturated heterocycles. The summed E-state index contributed by atoms with van der Waals surface area (Å²) >= 11 is 0. The summed E-state index contributed by atoms with van der Waals surface area (Å²) in [5, 5.41) is 12.7. The number of anilines is 3. The Labute approximate surface area is 297 Å². The third-order valence-electron chi connectivity index (χ3n) is 10.4. The van der Waals surface area contributed by atoms with Gasteiger partial charge in [0.15, 0.2) is 0 Å². The molecule has 0 atom stereocenters. The molecule has 0 N–H and O–H groups in total. The third-order valence-corrected chi connectivity index (χ3v) is 10.4. The van der Waals surface area contributed by atoms with Crippen LogP contribution in [0.15, 0.2) is 200 Å². The van der Waals surface area contributed by atoms with Crippen molar-refractivity contribution in [1.82, 2.24) is 0 Å². The first-order valence-corrected chi connectivity index (χ1v) is 17.6. The fourth-order valence-corrected chi connectivity index (χ4v) is 7.91. The number of fused-ring (bicyclic) bond motifs is 8. The number of nitrogens with zero attached hydrogens (tertiary/aromatic N) is 1. The quantitative estimate of drug-likeness (QED) is 0.168. The van der Waals surface area contributed by atoms with E-state index in [1.54, 1.807) is 0 Å². The molecule has 1 heteroatoms. The van der Waals surface area contributed by atoms with Crippen molar-refractivity contribution < 1.29 is 0 Å². The molecule has 0 aliphatic rings.